The zero-order chi connectivity index (χ0) is 28.4. The highest BCUT2D eigenvalue weighted by atomic mass is 35.5. The van der Waals surface area contributed by atoms with Crippen molar-refractivity contribution in [2.45, 2.75) is 26.8 Å². The van der Waals surface area contributed by atoms with E-state index < -0.39 is 18.0 Å². The second kappa shape index (κ2) is 11.5. The van der Waals surface area contributed by atoms with Crippen molar-refractivity contribution in [3.63, 3.8) is 0 Å². The standard InChI is InChI=1S/C30H25ClN2O6S/c1-4-37-28(35)20-8-6-7-19(15-20)23-14-13-22(39-23)16-24-27(34)33-26(18-9-11-21(31)12-10-18)25(29(36)38-5-2)17(3)32-30(33)40-24/h6-16,26H,4-5H2,1-3H3/b24-16-/t26-/m1/s1. The van der Waals surface area contributed by atoms with Gasteiger partial charge in [-0.2, -0.15) is 0 Å². The van der Waals surface area contributed by atoms with Crippen LogP contribution in [0, 0.1) is 0 Å². The first kappa shape index (κ1) is 27.4. The highest BCUT2D eigenvalue weighted by molar-refractivity contribution is 7.07. The molecular formula is C30H25ClN2O6S. The maximum atomic E-state index is 13.7. The molecule has 0 unspecified atom stereocenters. The molecule has 0 bridgehead atoms. The lowest BCUT2D eigenvalue weighted by atomic mass is 9.96. The normalized spacial score (nSPS) is 15.0. The number of esters is 2. The van der Waals surface area contributed by atoms with Crippen LogP contribution in [0.3, 0.4) is 0 Å². The number of thiazole rings is 1. The first-order chi connectivity index (χ1) is 19.3. The molecule has 4 aromatic rings. The Bertz CT molecular complexity index is 1810. The van der Waals surface area contributed by atoms with E-state index in [0.717, 1.165) is 0 Å². The summed E-state index contributed by atoms with van der Waals surface area (Å²) >= 11 is 7.31. The van der Waals surface area contributed by atoms with Crippen molar-refractivity contribution in [2.24, 2.45) is 4.99 Å². The van der Waals surface area contributed by atoms with Crippen LogP contribution < -0.4 is 14.9 Å². The summed E-state index contributed by atoms with van der Waals surface area (Å²) < 4.78 is 18.3. The summed E-state index contributed by atoms with van der Waals surface area (Å²) in [6, 6.07) is 16.7. The number of hydrogen-bond acceptors (Lipinski definition) is 8. The van der Waals surface area contributed by atoms with Gasteiger partial charge in [0.15, 0.2) is 4.80 Å². The third kappa shape index (κ3) is 5.30. The molecular weight excluding hydrogens is 552 g/mol. The van der Waals surface area contributed by atoms with E-state index in [1.54, 1.807) is 81.4 Å². The molecule has 40 heavy (non-hydrogen) atoms. The average Bonchev–Trinajstić information content (AvgIpc) is 3.53. The monoisotopic (exact) mass is 576 g/mol. The summed E-state index contributed by atoms with van der Waals surface area (Å²) in [6.45, 7) is 5.68. The lowest BCUT2D eigenvalue weighted by Crippen LogP contribution is -2.39. The maximum absolute atomic E-state index is 13.7. The molecule has 5 rings (SSSR count). The minimum Gasteiger partial charge on any atom is -0.463 e. The number of benzene rings is 2. The van der Waals surface area contributed by atoms with Gasteiger partial charge in [0.1, 0.15) is 11.5 Å². The average molecular weight is 577 g/mol. The highest BCUT2D eigenvalue weighted by Crippen LogP contribution is 2.31. The topological polar surface area (TPSA) is 100 Å². The molecule has 2 aromatic heterocycles. The van der Waals surface area contributed by atoms with Gasteiger partial charge in [-0.15, -0.1) is 0 Å². The summed E-state index contributed by atoms with van der Waals surface area (Å²) in [4.78, 5) is 43.9. The second-order valence-corrected chi connectivity index (χ2v) is 10.3. The van der Waals surface area contributed by atoms with Crippen molar-refractivity contribution >= 4 is 41.0 Å². The largest absolute Gasteiger partial charge is 0.463 e. The van der Waals surface area contributed by atoms with Gasteiger partial charge in [0, 0.05) is 16.7 Å². The van der Waals surface area contributed by atoms with Crippen LogP contribution in [-0.4, -0.2) is 29.7 Å². The zero-order valence-corrected chi connectivity index (χ0v) is 23.5. The van der Waals surface area contributed by atoms with E-state index in [2.05, 4.69) is 4.99 Å². The number of furan rings is 1. The van der Waals surface area contributed by atoms with Gasteiger partial charge in [-0.05, 0) is 62.7 Å². The molecule has 2 aromatic carbocycles. The Morgan fingerprint density at radius 2 is 1.77 bits per heavy atom. The van der Waals surface area contributed by atoms with E-state index in [0.29, 0.717) is 53.8 Å². The summed E-state index contributed by atoms with van der Waals surface area (Å²) in [7, 11) is 0. The van der Waals surface area contributed by atoms with Crippen molar-refractivity contribution in [2.75, 3.05) is 13.2 Å². The lowest BCUT2D eigenvalue weighted by Gasteiger charge is -2.24. The number of ether oxygens (including phenoxy) is 2. The molecule has 3 heterocycles. The number of carbonyl (C=O) groups excluding carboxylic acids is 2. The number of aromatic nitrogens is 1. The number of fused-ring (bicyclic) bond motifs is 1. The predicted molar refractivity (Wildman–Crippen MR) is 152 cm³/mol. The second-order valence-electron chi connectivity index (χ2n) is 8.86. The Labute approximate surface area is 238 Å². The van der Waals surface area contributed by atoms with E-state index in [9.17, 15) is 14.4 Å². The Balaban J connectivity index is 1.57. The molecule has 8 nitrogen and oxygen atoms in total. The highest BCUT2D eigenvalue weighted by Gasteiger charge is 2.33. The van der Waals surface area contributed by atoms with Gasteiger partial charge in [0.2, 0.25) is 0 Å². The number of nitrogens with zero attached hydrogens (tertiary/aromatic N) is 2. The third-order valence-corrected chi connectivity index (χ3v) is 7.50. The van der Waals surface area contributed by atoms with E-state index in [1.165, 1.54) is 15.9 Å². The molecule has 204 valence electrons. The van der Waals surface area contributed by atoms with Gasteiger partial charge < -0.3 is 13.9 Å². The van der Waals surface area contributed by atoms with Crippen LogP contribution in [0.25, 0.3) is 17.4 Å². The van der Waals surface area contributed by atoms with E-state index >= 15 is 0 Å². The molecule has 0 saturated heterocycles. The van der Waals surface area contributed by atoms with Crippen molar-refractivity contribution in [1.29, 1.82) is 0 Å². The van der Waals surface area contributed by atoms with Crippen LogP contribution >= 0.6 is 22.9 Å². The molecule has 0 fully saturated rings. The SMILES string of the molecule is CCOC(=O)C1=C(C)N=c2s/c(=C\c3ccc(-c4cccc(C(=O)OCC)c4)o3)c(=O)n2[C@@H]1c1ccc(Cl)cc1. The zero-order valence-electron chi connectivity index (χ0n) is 22.0. The molecule has 0 radical (unpaired) electrons. The predicted octanol–water partition coefficient (Wildman–Crippen LogP) is 4.89. The molecule has 0 N–H and O–H groups in total. The molecule has 10 heteroatoms. The fraction of sp³-hybridized carbons (Fsp3) is 0.200. The minimum atomic E-state index is -0.729. The van der Waals surface area contributed by atoms with Crippen molar-refractivity contribution in [1.82, 2.24) is 4.57 Å². The molecule has 0 spiro atoms. The van der Waals surface area contributed by atoms with E-state index in [1.807, 2.05) is 6.07 Å². The number of carbonyl (C=O) groups is 2. The van der Waals surface area contributed by atoms with Crippen LogP contribution in [0.5, 0.6) is 0 Å². The number of rotatable bonds is 7. The number of halogens is 1. The molecule has 0 aliphatic carbocycles. The lowest BCUT2D eigenvalue weighted by molar-refractivity contribution is -0.139. The van der Waals surface area contributed by atoms with Gasteiger partial charge in [-0.1, -0.05) is 47.2 Å². The summed E-state index contributed by atoms with van der Waals surface area (Å²) in [5.41, 5.74) is 2.28. The Hall–Kier alpha value is -4.21. The van der Waals surface area contributed by atoms with Crippen molar-refractivity contribution in [3.8, 4) is 11.3 Å². The van der Waals surface area contributed by atoms with Crippen molar-refractivity contribution < 1.29 is 23.5 Å². The molecule has 1 aliphatic heterocycles. The molecule has 1 atom stereocenters. The molecule has 0 amide bonds. The van der Waals surface area contributed by atoms with E-state index in [-0.39, 0.29) is 18.8 Å². The van der Waals surface area contributed by atoms with Gasteiger partial charge in [0.25, 0.3) is 5.56 Å². The number of allylic oxidation sites excluding steroid dienone is 1. The first-order valence-corrected chi connectivity index (χ1v) is 13.8. The van der Waals surface area contributed by atoms with Crippen LogP contribution in [-0.2, 0) is 14.3 Å². The van der Waals surface area contributed by atoms with Crippen molar-refractivity contribution in [3.05, 3.63) is 114 Å². The van der Waals surface area contributed by atoms with Gasteiger partial charge in [-0.3, -0.25) is 9.36 Å². The van der Waals surface area contributed by atoms with Crippen LogP contribution in [0.4, 0.5) is 0 Å². The van der Waals surface area contributed by atoms with Crippen LogP contribution in [0.2, 0.25) is 5.02 Å². The summed E-state index contributed by atoms with van der Waals surface area (Å²) in [5.74, 6) is 0.0412. The quantitative estimate of drug-likeness (QED) is 0.291. The number of hydrogen-bond donors (Lipinski definition) is 0. The van der Waals surface area contributed by atoms with Crippen LogP contribution in [0.1, 0.15) is 48.5 Å². The minimum absolute atomic E-state index is 0.191. The Kier molecular flexibility index (Phi) is 7.86. The van der Waals surface area contributed by atoms with Gasteiger partial charge in [-0.25, -0.2) is 14.6 Å². The maximum Gasteiger partial charge on any atom is 0.338 e. The molecule has 0 saturated carbocycles. The smallest absolute Gasteiger partial charge is 0.338 e. The fourth-order valence-electron chi connectivity index (χ4n) is 4.48. The molecule has 1 aliphatic rings. The van der Waals surface area contributed by atoms with E-state index in [4.69, 9.17) is 25.5 Å². The van der Waals surface area contributed by atoms with Crippen LogP contribution in [0.15, 0.2) is 86.1 Å². The van der Waals surface area contributed by atoms with Gasteiger partial charge >= 0.3 is 11.9 Å². The Morgan fingerprint density at radius 3 is 2.50 bits per heavy atom. The third-order valence-electron chi connectivity index (χ3n) is 6.26. The first-order valence-electron chi connectivity index (χ1n) is 12.6. The van der Waals surface area contributed by atoms with Gasteiger partial charge in [0.05, 0.1) is 40.6 Å². The Morgan fingerprint density at radius 1 is 1.05 bits per heavy atom. The summed E-state index contributed by atoms with van der Waals surface area (Å²) in [5, 5.41) is 0.538. The summed E-state index contributed by atoms with van der Waals surface area (Å²) in [6.07, 6.45) is 1.64. The fourth-order valence-corrected chi connectivity index (χ4v) is 5.63.